The van der Waals surface area contributed by atoms with E-state index in [4.69, 9.17) is 31.0 Å². The highest BCUT2D eigenvalue weighted by molar-refractivity contribution is 6.32. The van der Waals surface area contributed by atoms with E-state index in [1.165, 1.54) is 0 Å². The molecule has 2 heterocycles. The zero-order valence-electron chi connectivity index (χ0n) is 16.9. The lowest BCUT2D eigenvalue weighted by atomic mass is 10.2. The van der Waals surface area contributed by atoms with Crippen molar-refractivity contribution in [1.29, 1.82) is 0 Å². The van der Waals surface area contributed by atoms with Crippen molar-refractivity contribution in [3.8, 4) is 11.5 Å². The molecule has 3 aromatic rings. The van der Waals surface area contributed by atoms with Gasteiger partial charge in [0.1, 0.15) is 29.7 Å². The van der Waals surface area contributed by atoms with Crippen LogP contribution in [0.2, 0.25) is 5.02 Å². The Balaban J connectivity index is 0.000000383. The van der Waals surface area contributed by atoms with Crippen molar-refractivity contribution in [3.63, 3.8) is 0 Å². The second kappa shape index (κ2) is 10.7. The molecule has 0 spiro atoms. The minimum Gasteiger partial charge on any atom is -0.490 e. The van der Waals surface area contributed by atoms with Gasteiger partial charge >= 0.3 is 12.1 Å². The van der Waals surface area contributed by atoms with Gasteiger partial charge in [-0.3, -0.25) is 0 Å². The Bertz CT molecular complexity index is 1110. The van der Waals surface area contributed by atoms with Crippen LogP contribution in [0.5, 0.6) is 11.5 Å². The monoisotopic (exact) mass is 482 g/mol. The molecule has 12 heteroatoms. The van der Waals surface area contributed by atoms with Gasteiger partial charge in [0.2, 0.25) is 5.95 Å². The number of alkyl halides is 3. The molecule has 0 fully saturated rings. The molecule has 2 aromatic carbocycles. The van der Waals surface area contributed by atoms with Crippen LogP contribution in [0.25, 0.3) is 0 Å². The SMILES string of the molecule is Clc1cnc2nc1NCc1cccc(c1)OCCOc1cccc(c1)N2.O=C(O)C(F)(F)F. The van der Waals surface area contributed by atoms with E-state index < -0.39 is 12.1 Å². The van der Waals surface area contributed by atoms with Gasteiger partial charge in [-0.25, -0.2) is 9.78 Å². The van der Waals surface area contributed by atoms with Crippen molar-refractivity contribution in [1.82, 2.24) is 9.97 Å². The summed E-state index contributed by atoms with van der Waals surface area (Å²) in [7, 11) is 0. The van der Waals surface area contributed by atoms with Crippen LogP contribution in [-0.4, -0.2) is 40.4 Å². The molecule has 0 aliphatic carbocycles. The molecule has 3 N–H and O–H groups in total. The van der Waals surface area contributed by atoms with E-state index in [0.29, 0.717) is 36.5 Å². The van der Waals surface area contributed by atoms with Crippen molar-refractivity contribution in [2.24, 2.45) is 0 Å². The summed E-state index contributed by atoms with van der Waals surface area (Å²) in [5, 5.41) is 14.0. The third kappa shape index (κ3) is 7.42. The van der Waals surface area contributed by atoms with Crippen LogP contribution >= 0.6 is 11.6 Å². The number of hydrogen-bond acceptors (Lipinski definition) is 7. The standard InChI is InChI=1S/C19H17ClN4O2.C2HF3O2/c20-17-12-22-19-23-14-4-2-6-16(10-14)26-8-7-25-15-5-1-3-13(9-15)11-21-18(17)24-19;3-2(4,5)1(6)7/h1-6,9-10,12H,7-8,11H2,(H2,21,22,23,24);(H,6,7). The number of rotatable bonds is 0. The number of aromatic nitrogens is 2. The fraction of sp³-hybridized carbons (Fsp3) is 0.190. The topological polar surface area (TPSA) is 106 Å². The van der Waals surface area contributed by atoms with E-state index in [-0.39, 0.29) is 0 Å². The van der Waals surface area contributed by atoms with E-state index in [0.717, 1.165) is 22.7 Å². The van der Waals surface area contributed by atoms with Gasteiger partial charge in [0, 0.05) is 18.3 Å². The fourth-order valence-electron chi connectivity index (χ4n) is 2.59. The number of anilines is 3. The first-order valence-electron chi connectivity index (χ1n) is 9.49. The zero-order valence-corrected chi connectivity index (χ0v) is 17.7. The predicted octanol–water partition coefficient (Wildman–Crippen LogP) is 4.89. The maximum absolute atomic E-state index is 10.6. The third-order valence-corrected chi connectivity index (χ3v) is 4.33. The molecule has 33 heavy (non-hydrogen) atoms. The molecular weight excluding hydrogens is 465 g/mol. The first-order chi connectivity index (χ1) is 15.7. The van der Waals surface area contributed by atoms with Crippen molar-refractivity contribution in [3.05, 3.63) is 65.3 Å². The van der Waals surface area contributed by atoms with Crippen LogP contribution in [-0.2, 0) is 11.3 Å². The number of nitrogens with zero attached hydrogens (tertiary/aromatic N) is 2. The summed E-state index contributed by atoms with van der Waals surface area (Å²) >= 11 is 6.22. The van der Waals surface area contributed by atoms with Crippen LogP contribution in [0, 0.1) is 0 Å². The number of halogens is 4. The molecular formula is C21H18ClF3N4O4. The van der Waals surface area contributed by atoms with Crippen LogP contribution in [0.1, 0.15) is 5.56 Å². The first-order valence-corrected chi connectivity index (χ1v) is 9.86. The summed E-state index contributed by atoms with van der Waals surface area (Å²) in [6.07, 6.45) is -3.51. The highest BCUT2D eigenvalue weighted by Crippen LogP contribution is 2.24. The number of aliphatic carboxylic acids is 1. The number of carboxylic acids is 1. The highest BCUT2D eigenvalue weighted by atomic mass is 35.5. The molecule has 0 radical (unpaired) electrons. The van der Waals surface area contributed by atoms with Gasteiger partial charge in [-0.2, -0.15) is 18.2 Å². The van der Waals surface area contributed by atoms with Gasteiger partial charge in [-0.1, -0.05) is 29.8 Å². The Morgan fingerprint density at radius 2 is 1.70 bits per heavy atom. The Labute approximate surface area is 191 Å². The normalized spacial score (nSPS) is 13.1. The van der Waals surface area contributed by atoms with Crippen molar-refractivity contribution in [2.45, 2.75) is 12.7 Å². The molecule has 1 aliphatic heterocycles. The van der Waals surface area contributed by atoms with Crippen molar-refractivity contribution in [2.75, 3.05) is 23.8 Å². The van der Waals surface area contributed by atoms with E-state index in [1.54, 1.807) is 6.20 Å². The second-order valence-corrected chi connectivity index (χ2v) is 6.95. The number of ether oxygens (including phenoxy) is 2. The Morgan fingerprint density at radius 3 is 2.36 bits per heavy atom. The largest absolute Gasteiger partial charge is 0.490 e. The summed E-state index contributed by atoms with van der Waals surface area (Å²) in [5.74, 6) is -0.197. The summed E-state index contributed by atoms with van der Waals surface area (Å²) in [6, 6.07) is 15.5. The van der Waals surface area contributed by atoms with Crippen molar-refractivity contribution < 1.29 is 32.5 Å². The molecule has 6 bridgehead atoms. The molecule has 0 amide bonds. The molecule has 8 nitrogen and oxygen atoms in total. The number of benzene rings is 2. The summed E-state index contributed by atoms with van der Waals surface area (Å²) < 4.78 is 43.3. The lowest BCUT2D eigenvalue weighted by Crippen LogP contribution is -2.21. The molecule has 1 aromatic heterocycles. The van der Waals surface area contributed by atoms with Crippen LogP contribution in [0.15, 0.2) is 54.7 Å². The van der Waals surface area contributed by atoms with Gasteiger partial charge in [0.25, 0.3) is 0 Å². The van der Waals surface area contributed by atoms with Crippen molar-refractivity contribution >= 4 is 35.0 Å². The second-order valence-electron chi connectivity index (χ2n) is 6.54. The molecule has 4 rings (SSSR count). The smallest absolute Gasteiger partial charge is 0.490 e. The Hall–Kier alpha value is -3.73. The molecule has 174 valence electrons. The summed E-state index contributed by atoms with van der Waals surface area (Å²) in [5.41, 5.74) is 1.89. The lowest BCUT2D eigenvalue weighted by molar-refractivity contribution is -0.192. The highest BCUT2D eigenvalue weighted by Gasteiger charge is 2.38. The maximum atomic E-state index is 10.6. The number of nitrogens with one attached hydrogen (secondary N) is 2. The number of hydrogen-bond donors (Lipinski definition) is 3. The lowest BCUT2D eigenvalue weighted by Gasteiger charge is -2.13. The van der Waals surface area contributed by atoms with Gasteiger partial charge in [-0.15, -0.1) is 0 Å². The molecule has 1 aliphatic rings. The average molecular weight is 483 g/mol. The molecule has 0 saturated carbocycles. The Morgan fingerprint density at radius 1 is 1.06 bits per heavy atom. The fourth-order valence-corrected chi connectivity index (χ4v) is 2.75. The maximum Gasteiger partial charge on any atom is 0.490 e. The quantitative estimate of drug-likeness (QED) is 0.416. The third-order valence-electron chi connectivity index (χ3n) is 4.06. The minimum absolute atomic E-state index is 0.452. The predicted molar refractivity (Wildman–Crippen MR) is 115 cm³/mol. The number of carboxylic acid groups (broad SMARTS) is 1. The number of carbonyl (C=O) groups is 1. The van der Waals surface area contributed by atoms with Crippen LogP contribution in [0.4, 0.5) is 30.6 Å². The zero-order chi connectivity index (χ0) is 23.8. The van der Waals surface area contributed by atoms with Gasteiger partial charge in [0.15, 0.2) is 5.82 Å². The summed E-state index contributed by atoms with van der Waals surface area (Å²) in [4.78, 5) is 17.6. The van der Waals surface area contributed by atoms with Gasteiger partial charge < -0.3 is 25.2 Å². The molecule has 0 unspecified atom stereocenters. The Kier molecular flexibility index (Phi) is 7.78. The summed E-state index contributed by atoms with van der Waals surface area (Å²) in [6.45, 7) is 1.48. The number of fused-ring (bicyclic) bond motifs is 6. The molecule has 0 saturated heterocycles. The van der Waals surface area contributed by atoms with Crippen LogP contribution < -0.4 is 20.1 Å². The van der Waals surface area contributed by atoms with E-state index in [9.17, 15) is 13.2 Å². The van der Waals surface area contributed by atoms with Crippen LogP contribution in [0.3, 0.4) is 0 Å². The first kappa shape index (κ1) is 23.9. The van der Waals surface area contributed by atoms with E-state index in [2.05, 4.69) is 20.6 Å². The molecule has 0 atom stereocenters. The van der Waals surface area contributed by atoms with Gasteiger partial charge in [-0.05, 0) is 29.8 Å². The average Bonchev–Trinajstić information content (AvgIpc) is 2.77. The van der Waals surface area contributed by atoms with E-state index >= 15 is 0 Å². The minimum atomic E-state index is -5.08. The van der Waals surface area contributed by atoms with E-state index in [1.807, 2.05) is 48.5 Å². The van der Waals surface area contributed by atoms with Gasteiger partial charge in [0.05, 0.1) is 6.20 Å².